The minimum atomic E-state index is 0.352. The molecule has 0 bridgehead atoms. The molecule has 1 aromatic heterocycles. The van der Waals surface area contributed by atoms with Crippen molar-refractivity contribution in [3.63, 3.8) is 0 Å². The number of aromatic nitrogens is 3. The summed E-state index contributed by atoms with van der Waals surface area (Å²) in [6, 6.07) is 0.787. The van der Waals surface area contributed by atoms with Crippen LogP contribution in [0.3, 0.4) is 0 Å². The highest BCUT2D eigenvalue weighted by atomic mass is 32.2. The summed E-state index contributed by atoms with van der Waals surface area (Å²) in [5.74, 6) is 3.43. The van der Waals surface area contributed by atoms with Crippen molar-refractivity contribution >= 4 is 23.7 Å². The highest BCUT2D eigenvalue weighted by molar-refractivity contribution is 7.99. The maximum Gasteiger partial charge on any atom is 0.322 e. The van der Waals surface area contributed by atoms with Gasteiger partial charge in [0.15, 0.2) is 0 Å². The smallest absolute Gasteiger partial charge is 0.322 e. The van der Waals surface area contributed by atoms with Gasteiger partial charge in [-0.1, -0.05) is 0 Å². The zero-order valence-corrected chi connectivity index (χ0v) is 11.1. The SMILES string of the molecule is CNc1nc(OC)nc(N2CCSCC2C)n1. The van der Waals surface area contributed by atoms with E-state index in [0.29, 0.717) is 23.9 Å². The predicted molar refractivity (Wildman–Crippen MR) is 70.1 cm³/mol. The Morgan fingerprint density at radius 1 is 1.41 bits per heavy atom. The highest BCUT2D eigenvalue weighted by Crippen LogP contribution is 2.22. The van der Waals surface area contributed by atoms with Gasteiger partial charge in [-0.15, -0.1) is 0 Å². The average Bonchev–Trinajstić information content (AvgIpc) is 2.38. The first-order chi connectivity index (χ1) is 8.24. The zero-order valence-electron chi connectivity index (χ0n) is 10.3. The van der Waals surface area contributed by atoms with E-state index >= 15 is 0 Å². The second-order valence-electron chi connectivity index (χ2n) is 3.81. The molecule has 0 aliphatic carbocycles. The number of ether oxygens (including phenoxy) is 1. The molecule has 1 aliphatic rings. The van der Waals surface area contributed by atoms with Crippen LogP contribution in [0, 0.1) is 0 Å². The summed E-state index contributed by atoms with van der Waals surface area (Å²) in [5.41, 5.74) is 0. The molecule has 2 heterocycles. The van der Waals surface area contributed by atoms with Crippen molar-refractivity contribution in [3.05, 3.63) is 0 Å². The number of methoxy groups -OCH3 is 1. The monoisotopic (exact) mass is 255 g/mol. The molecule has 94 valence electrons. The summed E-state index contributed by atoms with van der Waals surface area (Å²) in [7, 11) is 3.35. The Morgan fingerprint density at radius 2 is 2.24 bits per heavy atom. The summed E-state index contributed by atoms with van der Waals surface area (Å²) in [6.45, 7) is 3.14. The molecule has 0 saturated carbocycles. The van der Waals surface area contributed by atoms with E-state index in [1.807, 2.05) is 11.8 Å². The van der Waals surface area contributed by atoms with E-state index in [2.05, 4.69) is 32.1 Å². The van der Waals surface area contributed by atoms with Crippen molar-refractivity contribution in [1.29, 1.82) is 0 Å². The molecule has 1 saturated heterocycles. The summed E-state index contributed by atoms with van der Waals surface area (Å²) >= 11 is 1.96. The first-order valence-electron chi connectivity index (χ1n) is 5.56. The first kappa shape index (κ1) is 12.2. The van der Waals surface area contributed by atoms with Gasteiger partial charge in [0.25, 0.3) is 0 Å². The predicted octanol–water partition coefficient (Wildman–Crippen LogP) is 0.864. The molecule has 17 heavy (non-hydrogen) atoms. The maximum absolute atomic E-state index is 5.09. The van der Waals surface area contributed by atoms with Crippen molar-refractivity contribution in [2.24, 2.45) is 0 Å². The van der Waals surface area contributed by atoms with E-state index < -0.39 is 0 Å². The number of anilines is 2. The fourth-order valence-electron chi connectivity index (χ4n) is 1.70. The van der Waals surface area contributed by atoms with Crippen molar-refractivity contribution in [3.8, 4) is 6.01 Å². The third-order valence-corrected chi connectivity index (χ3v) is 3.82. The molecule has 0 aromatic carbocycles. The number of thioether (sulfide) groups is 1. The van der Waals surface area contributed by atoms with Gasteiger partial charge in [0, 0.05) is 31.1 Å². The molecule has 1 atom stereocenters. The van der Waals surface area contributed by atoms with E-state index in [1.165, 1.54) is 0 Å². The number of nitrogens with zero attached hydrogens (tertiary/aromatic N) is 4. The third kappa shape index (κ3) is 2.71. The van der Waals surface area contributed by atoms with Gasteiger partial charge in [-0.2, -0.15) is 26.7 Å². The molecular formula is C10H17N5OS. The van der Waals surface area contributed by atoms with Crippen LogP contribution < -0.4 is 15.0 Å². The van der Waals surface area contributed by atoms with Gasteiger partial charge in [-0.05, 0) is 6.92 Å². The van der Waals surface area contributed by atoms with Crippen LogP contribution in [0.5, 0.6) is 6.01 Å². The molecule has 1 N–H and O–H groups in total. The van der Waals surface area contributed by atoms with Crippen molar-refractivity contribution < 1.29 is 4.74 Å². The van der Waals surface area contributed by atoms with Gasteiger partial charge in [0.2, 0.25) is 11.9 Å². The second kappa shape index (κ2) is 5.39. The van der Waals surface area contributed by atoms with Crippen molar-refractivity contribution in [1.82, 2.24) is 15.0 Å². The van der Waals surface area contributed by atoms with Crippen LogP contribution in [0.1, 0.15) is 6.92 Å². The van der Waals surface area contributed by atoms with Crippen LogP contribution in [0.2, 0.25) is 0 Å². The van der Waals surface area contributed by atoms with Gasteiger partial charge in [0.05, 0.1) is 7.11 Å². The molecule has 6 nitrogen and oxygen atoms in total. The lowest BCUT2D eigenvalue weighted by molar-refractivity contribution is 0.378. The van der Waals surface area contributed by atoms with Gasteiger partial charge in [0.1, 0.15) is 0 Å². The summed E-state index contributed by atoms with van der Waals surface area (Å²) in [4.78, 5) is 15.0. The van der Waals surface area contributed by atoms with Crippen LogP contribution in [0.15, 0.2) is 0 Å². The number of nitrogens with one attached hydrogen (secondary N) is 1. The second-order valence-corrected chi connectivity index (χ2v) is 4.96. The van der Waals surface area contributed by atoms with Crippen LogP contribution in [-0.4, -0.2) is 53.2 Å². The summed E-state index contributed by atoms with van der Waals surface area (Å²) in [6.07, 6.45) is 0. The van der Waals surface area contributed by atoms with E-state index in [-0.39, 0.29) is 0 Å². The molecule has 0 spiro atoms. The zero-order chi connectivity index (χ0) is 12.3. The number of rotatable bonds is 3. The largest absolute Gasteiger partial charge is 0.467 e. The molecule has 0 radical (unpaired) electrons. The Labute approximate surface area is 105 Å². The average molecular weight is 255 g/mol. The molecule has 1 aliphatic heterocycles. The molecule has 1 aromatic rings. The third-order valence-electron chi connectivity index (χ3n) is 2.63. The standard InChI is InChI=1S/C10H17N5OS/c1-7-6-17-5-4-15(7)9-12-8(11-2)13-10(14-9)16-3/h7H,4-6H2,1-3H3,(H,11,12,13,14). The van der Waals surface area contributed by atoms with Gasteiger partial charge >= 0.3 is 6.01 Å². The Balaban J connectivity index is 2.29. The highest BCUT2D eigenvalue weighted by Gasteiger charge is 2.22. The first-order valence-corrected chi connectivity index (χ1v) is 6.72. The Hall–Kier alpha value is -1.24. The maximum atomic E-state index is 5.09. The summed E-state index contributed by atoms with van der Waals surface area (Å²) < 4.78 is 5.09. The van der Waals surface area contributed by atoms with E-state index in [1.54, 1.807) is 14.2 Å². The van der Waals surface area contributed by atoms with Gasteiger partial charge < -0.3 is 15.0 Å². The van der Waals surface area contributed by atoms with Crippen molar-refractivity contribution in [2.75, 3.05) is 42.4 Å². The minimum absolute atomic E-state index is 0.352. The molecule has 1 unspecified atom stereocenters. The topological polar surface area (TPSA) is 63.2 Å². The fourth-order valence-corrected chi connectivity index (χ4v) is 2.72. The van der Waals surface area contributed by atoms with E-state index in [0.717, 1.165) is 18.1 Å². The Kier molecular flexibility index (Phi) is 3.88. The van der Waals surface area contributed by atoms with E-state index in [9.17, 15) is 0 Å². The van der Waals surface area contributed by atoms with Crippen LogP contribution in [-0.2, 0) is 0 Å². The van der Waals surface area contributed by atoms with Crippen LogP contribution >= 0.6 is 11.8 Å². The normalized spacial score (nSPS) is 20.2. The molecule has 2 rings (SSSR count). The van der Waals surface area contributed by atoms with Crippen LogP contribution in [0.4, 0.5) is 11.9 Å². The Bertz CT molecular complexity index is 367. The molecular weight excluding hydrogens is 238 g/mol. The quantitative estimate of drug-likeness (QED) is 0.859. The van der Waals surface area contributed by atoms with Gasteiger partial charge in [-0.3, -0.25) is 0 Å². The fraction of sp³-hybridized carbons (Fsp3) is 0.700. The molecule has 0 amide bonds. The minimum Gasteiger partial charge on any atom is -0.467 e. The number of hydrogen-bond donors (Lipinski definition) is 1. The lowest BCUT2D eigenvalue weighted by atomic mass is 10.3. The number of hydrogen-bond acceptors (Lipinski definition) is 7. The van der Waals surface area contributed by atoms with Crippen LogP contribution in [0.25, 0.3) is 0 Å². The Morgan fingerprint density at radius 3 is 2.88 bits per heavy atom. The van der Waals surface area contributed by atoms with Crippen molar-refractivity contribution in [2.45, 2.75) is 13.0 Å². The van der Waals surface area contributed by atoms with Gasteiger partial charge in [-0.25, -0.2) is 0 Å². The molecule has 1 fully saturated rings. The summed E-state index contributed by atoms with van der Waals surface area (Å²) in [5, 5.41) is 2.92. The lowest BCUT2D eigenvalue weighted by Crippen LogP contribution is -2.41. The molecule has 7 heteroatoms. The van der Waals surface area contributed by atoms with E-state index in [4.69, 9.17) is 4.74 Å². The lowest BCUT2D eigenvalue weighted by Gasteiger charge is -2.33.